The molecule has 0 aromatic heterocycles. The molecule has 0 heterocycles. The summed E-state index contributed by atoms with van der Waals surface area (Å²) >= 11 is 0. The highest BCUT2D eigenvalue weighted by molar-refractivity contribution is 6.18. The van der Waals surface area contributed by atoms with Gasteiger partial charge in [-0.3, -0.25) is 0 Å². The zero-order valence-electron chi connectivity index (χ0n) is 10.5. The van der Waals surface area contributed by atoms with E-state index in [1.807, 2.05) is 0 Å². The highest BCUT2D eigenvalue weighted by atomic mass is 14.1. The average molecular weight is 240 g/mol. The highest BCUT2D eigenvalue weighted by Gasteiger charge is 2.10. The molecule has 0 nitrogen and oxygen atoms in total. The summed E-state index contributed by atoms with van der Waals surface area (Å²) in [7, 11) is 0. The minimum atomic E-state index is 1.03. The first kappa shape index (κ1) is 9.57. The first-order chi connectivity index (χ1) is 9.40. The first-order valence-electron chi connectivity index (χ1n) is 6.76. The molecule has 4 aromatic carbocycles. The van der Waals surface area contributed by atoms with Crippen molar-refractivity contribution in [3.63, 3.8) is 0 Å². The zero-order chi connectivity index (χ0) is 12.4. The van der Waals surface area contributed by atoms with E-state index in [9.17, 15) is 0 Å². The van der Waals surface area contributed by atoms with Crippen molar-refractivity contribution in [2.75, 3.05) is 0 Å². The monoisotopic (exact) mass is 240 g/mol. The van der Waals surface area contributed by atoms with E-state index in [2.05, 4.69) is 60.7 Å². The van der Waals surface area contributed by atoms with Crippen molar-refractivity contribution in [2.24, 2.45) is 0 Å². The largest absolute Gasteiger partial charge is 0.0613 e. The second kappa shape index (κ2) is 3.16. The van der Waals surface area contributed by atoms with E-state index in [1.54, 1.807) is 0 Å². The molecule has 88 valence electrons. The first-order valence-corrected chi connectivity index (χ1v) is 6.76. The molecule has 0 fully saturated rings. The summed E-state index contributed by atoms with van der Waals surface area (Å²) in [5.74, 6) is 0. The molecule has 0 spiro atoms. The molecule has 0 unspecified atom stereocenters. The van der Waals surface area contributed by atoms with Crippen LogP contribution in [-0.4, -0.2) is 0 Å². The van der Waals surface area contributed by atoms with Crippen LogP contribution in [0.1, 0.15) is 11.1 Å². The summed E-state index contributed by atoms with van der Waals surface area (Å²) in [5.41, 5.74) is 2.84. The van der Waals surface area contributed by atoms with Gasteiger partial charge in [0.25, 0.3) is 0 Å². The fraction of sp³-hybridized carbons (Fsp3) is 0.0526. The molecule has 0 aliphatic heterocycles. The third-order valence-corrected chi connectivity index (χ3v) is 4.42. The zero-order valence-corrected chi connectivity index (χ0v) is 10.5. The molecule has 0 N–H and O–H groups in total. The van der Waals surface area contributed by atoms with Crippen LogP contribution < -0.4 is 0 Å². The van der Waals surface area contributed by atoms with Crippen LogP contribution >= 0.6 is 0 Å². The maximum absolute atomic E-state index is 2.34. The van der Waals surface area contributed by atoms with E-state index in [0.717, 1.165) is 6.42 Å². The van der Waals surface area contributed by atoms with Crippen LogP contribution in [0.25, 0.3) is 32.3 Å². The van der Waals surface area contributed by atoms with Crippen molar-refractivity contribution in [3.05, 3.63) is 71.8 Å². The Hall–Kier alpha value is -2.34. The summed E-state index contributed by atoms with van der Waals surface area (Å²) in [6.45, 7) is 0. The molecule has 4 aromatic rings. The Morgan fingerprint density at radius 2 is 1.32 bits per heavy atom. The van der Waals surface area contributed by atoms with Crippen molar-refractivity contribution in [3.8, 4) is 0 Å². The van der Waals surface area contributed by atoms with Crippen LogP contribution in [0.5, 0.6) is 0 Å². The van der Waals surface area contributed by atoms with Crippen LogP contribution in [0.3, 0.4) is 0 Å². The molecule has 19 heavy (non-hydrogen) atoms. The average Bonchev–Trinajstić information content (AvgIpc) is 2.46. The molecule has 8 rings (SSSR count). The van der Waals surface area contributed by atoms with E-state index in [1.165, 1.54) is 43.4 Å². The van der Waals surface area contributed by atoms with Gasteiger partial charge in [0, 0.05) is 0 Å². The Kier molecular flexibility index (Phi) is 1.59. The summed E-state index contributed by atoms with van der Waals surface area (Å²) in [6.07, 6.45) is 1.03. The van der Waals surface area contributed by atoms with Crippen molar-refractivity contribution < 1.29 is 0 Å². The Labute approximate surface area is 111 Å². The summed E-state index contributed by atoms with van der Waals surface area (Å²) in [4.78, 5) is 0. The van der Waals surface area contributed by atoms with Gasteiger partial charge in [0.1, 0.15) is 0 Å². The highest BCUT2D eigenvalue weighted by Crippen LogP contribution is 2.35. The number of hydrogen-bond acceptors (Lipinski definition) is 0. The SMILES string of the molecule is c1cc2c3ccc4c5ccc(cc5ccc4c3c1)C2. The fourth-order valence-corrected chi connectivity index (χ4v) is 3.51. The maximum Gasteiger partial charge on any atom is -0.00194 e. The standard InChI is InChI=1S/C19H12/c1-2-13-10-12-4-6-15-14(11-12)5-7-19-17(3-1)16(13)8-9-18(15)19/h1-9,11H,10H2. The molecular formula is C19H12. The lowest BCUT2D eigenvalue weighted by Gasteiger charge is -2.15. The minimum absolute atomic E-state index is 1.03. The summed E-state index contributed by atoms with van der Waals surface area (Å²) in [6, 6.07) is 22.7. The van der Waals surface area contributed by atoms with Gasteiger partial charge < -0.3 is 0 Å². The molecule has 0 amide bonds. The number of fused-ring (bicyclic) bond motifs is 1. The van der Waals surface area contributed by atoms with Gasteiger partial charge in [-0.25, -0.2) is 0 Å². The predicted octanol–water partition coefficient (Wildman–Crippen LogP) is 5.05. The van der Waals surface area contributed by atoms with Gasteiger partial charge in [0.15, 0.2) is 0 Å². The smallest absolute Gasteiger partial charge is 0.00194 e. The van der Waals surface area contributed by atoms with Crippen LogP contribution in [-0.2, 0) is 6.42 Å². The second-order valence-corrected chi connectivity index (χ2v) is 5.47. The Morgan fingerprint density at radius 1 is 0.579 bits per heavy atom. The second-order valence-electron chi connectivity index (χ2n) is 5.47. The van der Waals surface area contributed by atoms with Crippen LogP contribution in [0, 0.1) is 0 Å². The van der Waals surface area contributed by atoms with E-state index in [4.69, 9.17) is 0 Å². The lowest BCUT2D eigenvalue weighted by atomic mass is 9.89. The molecule has 0 heteroatoms. The van der Waals surface area contributed by atoms with Gasteiger partial charge in [0.05, 0.1) is 0 Å². The van der Waals surface area contributed by atoms with Crippen LogP contribution in [0.4, 0.5) is 0 Å². The van der Waals surface area contributed by atoms with Gasteiger partial charge in [0.2, 0.25) is 0 Å². The van der Waals surface area contributed by atoms with E-state index < -0.39 is 0 Å². The fourth-order valence-electron chi connectivity index (χ4n) is 3.51. The number of benzene rings is 4. The van der Waals surface area contributed by atoms with Crippen molar-refractivity contribution >= 4 is 32.3 Å². The number of hydrogen-bond donors (Lipinski definition) is 0. The third-order valence-electron chi connectivity index (χ3n) is 4.42. The minimum Gasteiger partial charge on any atom is -0.0613 e. The quantitative estimate of drug-likeness (QED) is 0.332. The lowest BCUT2D eigenvalue weighted by molar-refractivity contribution is 1.22. The van der Waals surface area contributed by atoms with Crippen LogP contribution in [0.15, 0.2) is 60.7 Å². The molecular weight excluding hydrogens is 228 g/mol. The Bertz CT molecular complexity index is 977. The normalized spacial score (nSPS) is 13.1. The topological polar surface area (TPSA) is 0 Å². The molecule has 0 atom stereocenters. The van der Waals surface area contributed by atoms with E-state index in [0.29, 0.717) is 0 Å². The Morgan fingerprint density at radius 3 is 2.32 bits per heavy atom. The lowest BCUT2D eigenvalue weighted by Crippen LogP contribution is -1.93. The van der Waals surface area contributed by atoms with Crippen molar-refractivity contribution in [1.82, 2.24) is 0 Å². The van der Waals surface area contributed by atoms with E-state index >= 15 is 0 Å². The van der Waals surface area contributed by atoms with Gasteiger partial charge in [-0.05, 0) is 49.9 Å². The van der Waals surface area contributed by atoms with Gasteiger partial charge in [-0.15, -0.1) is 0 Å². The number of rotatable bonds is 0. The molecule has 0 radical (unpaired) electrons. The molecule has 0 saturated heterocycles. The van der Waals surface area contributed by atoms with Crippen molar-refractivity contribution in [1.29, 1.82) is 0 Å². The third kappa shape index (κ3) is 1.14. The van der Waals surface area contributed by atoms with E-state index in [-0.39, 0.29) is 0 Å². The van der Waals surface area contributed by atoms with Gasteiger partial charge in [-0.1, -0.05) is 60.7 Å². The maximum atomic E-state index is 2.34. The molecule has 8 bridgehead atoms. The molecule has 4 aliphatic carbocycles. The van der Waals surface area contributed by atoms with Gasteiger partial charge >= 0.3 is 0 Å². The van der Waals surface area contributed by atoms with Crippen LogP contribution in [0.2, 0.25) is 0 Å². The Balaban J connectivity index is 2.26. The van der Waals surface area contributed by atoms with Crippen molar-refractivity contribution in [2.45, 2.75) is 6.42 Å². The summed E-state index contributed by atoms with van der Waals surface area (Å²) in [5, 5.41) is 8.26. The van der Waals surface area contributed by atoms with Gasteiger partial charge in [-0.2, -0.15) is 0 Å². The molecule has 0 saturated carbocycles. The molecule has 4 aliphatic rings. The summed E-state index contributed by atoms with van der Waals surface area (Å²) < 4.78 is 0. The predicted molar refractivity (Wildman–Crippen MR) is 81.8 cm³/mol.